The number of nitrogens with zero attached hydrogens (tertiary/aromatic N) is 3. The summed E-state index contributed by atoms with van der Waals surface area (Å²) in [6.45, 7) is 0. The van der Waals surface area contributed by atoms with Gasteiger partial charge in [-0.25, -0.2) is 4.98 Å². The minimum Gasteiger partial charge on any atom is -0.378 e. The molecule has 0 aliphatic rings. The van der Waals surface area contributed by atoms with Gasteiger partial charge in [-0.1, -0.05) is 12.1 Å². The first-order chi connectivity index (χ1) is 7.18. The van der Waals surface area contributed by atoms with E-state index in [4.69, 9.17) is 0 Å². The molecular formula is C12H15N3. The van der Waals surface area contributed by atoms with Crippen LogP contribution in [-0.2, 0) is 7.05 Å². The SMILES string of the molecule is CN(C)c1ccc(-c2cncn2C)cc1. The summed E-state index contributed by atoms with van der Waals surface area (Å²) in [5.74, 6) is 0. The summed E-state index contributed by atoms with van der Waals surface area (Å²) in [6.07, 6.45) is 3.69. The maximum absolute atomic E-state index is 4.11. The lowest BCUT2D eigenvalue weighted by Gasteiger charge is -2.12. The Kier molecular flexibility index (Phi) is 2.46. The van der Waals surface area contributed by atoms with Crippen LogP contribution >= 0.6 is 0 Å². The maximum atomic E-state index is 4.11. The average molecular weight is 201 g/mol. The van der Waals surface area contributed by atoms with Gasteiger partial charge in [0.25, 0.3) is 0 Å². The fourth-order valence-electron chi connectivity index (χ4n) is 1.57. The van der Waals surface area contributed by atoms with Crippen LogP contribution < -0.4 is 4.90 Å². The van der Waals surface area contributed by atoms with Crippen LogP contribution in [0.25, 0.3) is 11.3 Å². The molecule has 0 saturated carbocycles. The van der Waals surface area contributed by atoms with Gasteiger partial charge < -0.3 is 9.47 Å². The minimum absolute atomic E-state index is 1.14. The molecule has 0 aliphatic carbocycles. The molecule has 0 radical (unpaired) electrons. The van der Waals surface area contributed by atoms with Gasteiger partial charge in [0, 0.05) is 26.8 Å². The van der Waals surface area contributed by atoms with E-state index in [-0.39, 0.29) is 0 Å². The van der Waals surface area contributed by atoms with Crippen LogP contribution in [0.4, 0.5) is 5.69 Å². The molecule has 1 heterocycles. The van der Waals surface area contributed by atoms with Crippen LogP contribution in [0.15, 0.2) is 36.8 Å². The quantitative estimate of drug-likeness (QED) is 0.742. The molecule has 15 heavy (non-hydrogen) atoms. The van der Waals surface area contributed by atoms with Crippen molar-refractivity contribution in [3.63, 3.8) is 0 Å². The van der Waals surface area contributed by atoms with E-state index in [1.807, 2.05) is 38.2 Å². The first-order valence-electron chi connectivity index (χ1n) is 4.92. The normalized spacial score (nSPS) is 10.3. The Hall–Kier alpha value is -1.77. The van der Waals surface area contributed by atoms with Crippen molar-refractivity contribution in [2.45, 2.75) is 0 Å². The summed E-state index contributed by atoms with van der Waals surface area (Å²) >= 11 is 0. The molecule has 2 rings (SSSR count). The van der Waals surface area contributed by atoms with Crippen molar-refractivity contribution in [1.82, 2.24) is 9.55 Å². The number of rotatable bonds is 2. The lowest BCUT2D eigenvalue weighted by atomic mass is 10.1. The van der Waals surface area contributed by atoms with Crippen molar-refractivity contribution in [3.05, 3.63) is 36.8 Å². The van der Waals surface area contributed by atoms with Crippen LogP contribution in [0, 0.1) is 0 Å². The topological polar surface area (TPSA) is 21.1 Å². The monoisotopic (exact) mass is 201 g/mol. The largest absolute Gasteiger partial charge is 0.378 e. The van der Waals surface area contributed by atoms with Gasteiger partial charge >= 0.3 is 0 Å². The number of hydrogen-bond acceptors (Lipinski definition) is 2. The Morgan fingerprint density at radius 1 is 1.13 bits per heavy atom. The molecule has 1 aromatic heterocycles. The first-order valence-corrected chi connectivity index (χ1v) is 4.92. The van der Waals surface area contributed by atoms with Gasteiger partial charge in [0.2, 0.25) is 0 Å². The highest BCUT2D eigenvalue weighted by Gasteiger charge is 2.02. The molecule has 0 aliphatic heterocycles. The molecule has 0 unspecified atom stereocenters. The maximum Gasteiger partial charge on any atom is 0.0948 e. The molecule has 1 aromatic carbocycles. The smallest absolute Gasteiger partial charge is 0.0948 e. The van der Waals surface area contributed by atoms with E-state index < -0.39 is 0 Å². The van der Waals surface area contributed by atoms with Crippen LogP contribution in [-0.4, -0.2) is 23.6 Å². The van der Waals surface area contributed by atoms with E-state index >= 15 is 0 Å². The van der Waals surface area contributed by atoms with E-state index in [2.05, 4.69) is 34.1 Å². The molecule has 3 heteroatoms. The van der Waals surface area contributed by atoms with Crippen LogP contribution in [0.3, 0.4) is 0 Å². The average Bonchev–Trinajstić information content (AvgIpc) is 2.65. The third-order valence-electron chi connectivity index (χ3n) is 2.50. The van der Waals surface area contributed by atoms with Crippen molar-refractivity contribution in [2.24, 2.45) is 7.05 Å². The van der Waals surface area contributed by atoms with E-state index in [0.717, 1.165) is 5.69 Å². The summed E-state index contributed by atoms with van der Waals surface area (Å²) in [7, 11) is 6.08. The zero-order chi connectivity index (χ0) is 10.8. The predicted molar refractivity (Wildman–Crippen MR) is 63.0 cm³/mol. The highest BCUT2D eigenvalue weighted by Crippen LogP contribution is 2.21. The molecule has 78 valence electrons. The van der Waals surface area contributed by atoms with Crippen molar-refractivity contribution >= 4 is 5.69 Å². The van der Waals surface area contributed by atoms with Crippen molar-refractivity contribution in [2.75, 3.05) is 19.0 Å². The second kappa shape index (κ2) is 3.77. The molecule has 0 fully saturated rings. The van der Waals surface area contributed by atoms with Crippen LogP contribution in [0.2, 0.25) is 0 Å². The Labute approximate surface area is 90.0 Å². The summed E-state index contributed by atoms with van der Waals surface area (Å²) in [5.41, 5.74) is 3.54. The number of anilines is 1. The fraction of sp³-hybridized carbons (Fsp3) is 0.250. The standard InChI is InChI=1S/C12H15N3/c1-14(2)11-6-4-10(5-7-11)12-8-13-9-15(12)3/h4-9H,1-3H3. The lowest BCUT2D eigenvalue weighted by Crippen LogP contribution is -2.07. The van der Waals surface area contributed by atoms with E-state index in [1.54, 1.807) is 0 Å². The molecule has 0 saturated heterocycles. The van der Waals surface area contributed by atoms with E-state index in [1.165, 1.54) is 11.3 Å². The van der Waals surface area contributed by atoms with Gasteiger partial charge in [-0.3, -0.25) is 0 Å². The van der Waals surface area contributed by atoms with Gasteiger partial charge in [0.05, 0.1) is 18.2 Å². The minimum atomic E-state index is 1.14. The van der Waals surface area contributed by atoms with Crippen molar-refractivity contribution < 1.29 is 0 Å². The lowest BCUT2D eigenvalue weighted by molar-refractivity contribution is 0.921. The second-order valence-corrected chi connectivity index (χ2v) is 3.83. The second-order valence-electron chi connectivity index (χ2n) is 3.83. The molecule has 0 spiro atoms. The Balaban J connectivity index is 2.36. The zero-order valence-corrected chi connectivity index (χ0v) is 9.31. The number of benzene rings is 1. The predicted octanol–water partition coefficient (Wildman–Crippen LogP) is 2.15. The van der Waals surface area contributed by atoms with Gasteiger partial charge in [-0.05, 0) is 17.7 Å². The van der Waals surface area contributed by atoms with Crippen molar-refractivity contribution in [1.29, 1.82) is 0 Å². The number of aromatic nitrogens is 2. The summed E-state index contributed by atoms with van der Waals surface area (Å²) in [4.78, 5) is 6.20. The summed E-state index contributed by atoms with van der Waals surface area (Å²) in [5, 5.41) is 0. The molecular weight excluding hydrogens is 186 g/mol. The van der Waals surface area contributed by atoms with E-state index in [0.29, 0.717) is 0 Å². The Morgan fingerprint density at radius 3 is 2.27 bits per heavy atom. The van der Waals surface area contributed by atoms with Gasteiger partial charge in [0.15, 0.2) is 0 Å². The molecule has 2 aromatic rings. The molecule has 3 nitrogen and oxygen atoms in total. The Morgan fingerprint density at radius 2 is 1.80 bits per heavy atom. The van der Waals surface area contributed by atoms with Crippen molar-refractivity contribution in [3.8, 4) is 11.3 Å². The zero-order valence-electron chi connectivity index (χ0n) is 9.31. The number of imidazole rings is 1. The van der Waals surface area contributed by atoms with Gasteiger partial charge in [0.1, 0.15) is 0 Å². The molecule has 0 N–H and O–H groups in total. The third-order valence-corrected chi connectivity index (χ3v) is 2.50. The van der Waals surface area contributed by atoms with E-state index in [9.17, 15) is 0 Å². The van der Waals surface area contributed by atoms with Crippen LogP contribution in [0.5, 0.6) is 0 Å². The number of aryl methyl sites for hydroxylation is 1. The highest BCUT2D eigenvalue weighted by molar-refractivity contribution is 5.62. The third kappa shape index (κ3) is 1.86. The molecule has 0 atom stereocenters. The summed E-state index contributed by atoms with van der Waals surface area (Å²) in [6, 6.07) is 8.46. The van der Waals surface area contributed by atoms with Gasteiger partial charge in [-0.2, -0.15) is 0 Å². The molecule has 0 amide bonds. The molecule has 0 bridgehead atoms. The first kappa shape index (κ1) is 9.77. The van der Waals surface area contributed by atoms with Gasteiger partial charge in [-0.15, -0.1) is 0 Å². The Bertz CT molecular complexity index is 440. The summed E-state index contributed by atoms with van der Waals surface area (Å²) < 4.78 is 2.02. The highest BCUT2D eigenvalue weighted by atomic mass is 15.1. The number of hydrogen-bond donors (Lipinski definition) is 0. The van der Waals surface area contributed by atoms with Crippen LogP contribution in [0.1, 0.15) is 0 Å². The fourth-order valence-corrected chi connectivity index (χ4v) is 1.57.